The molecule has 2 atom stereocenters. The van der Waals surface area contributed by atoms with Crippen LogP contribution in [-0.2, 0) is 25.7 Å². The molecule has 1 aliphatic rings. The van der Waals surface area contributed by atoms with Crippen molar-refractivity contribution in [3.8, 4) is 0 Å². The highest BCUT2D eigenvalue weighted by Gasteiger charge is 2.53. The Hall–Kier alpha value is -3.73. The summed E-state index contributed by atoms with van der Waals surface area (Å²) in [6.45, 7) is 8.32. The van der Waals surface area contributed by atoms with Gasteiger partial charge in [0.2, 0.25) is 5.91 Å². The molecular formula is C28H31F3N4O4. The third kappa shape index (κ3) is 4.38. The molecule has 8 nitrogen and oxygen atoms in total. The molecule has 2 N–H and O–H groups in total. The van der Waals surface area contributed by atoms with E-state index in [0.29, 0.717) is 28.0 Å². The van der Waals surface area contributed by atoms with Gasteiger partial charge in [-0.3, -0.25) is 9.59 Å². The summed E-state index contributed by atoms with van der Waals surface area (Å²) in [6, 6.07) is 6.08. The van der Waals surface area contributed by atoms with Crippen LogP contribution in [0.2, 0.25) is 0 Å². The number of halogens is 3. The summed E-state index contributed by atoms with van der Waals surface area (Å²) >= 11 is 0. The molecule has 0 aliphatic carbocycles. The van der Waals surface area contributed by atoms with E-state index < -0.39 is 46.2 Å². The summed E-state index contributed by atoms with van der Waals surface area (Å²) in [5.41, 5.74) is -3.70. The van der Waals surface area contributed by atoms with Crippen LogP contribution < -0.4 is 10.2 Å². The number of likely N-dealkylation sites (N-methyl/N-ethyl adjacent to an activating group) is 1. The quantitative estimate of drug-likeness (QED) is 0.322. The molecule has 39 heavy (non-hydrogen) atoms. The molecule has 1 aromatic heterocycles. The molecule has 0 saturated heterocycles. The van der Waals surface area contributed by atoms with Crippen molar-refractivity contribution < 1.29 is 32.6 Å². The van der Waals surface area contributed by atoms with E-state index in [4.69, 9.17) is 4.74 Å². The number of aliphatic hydroxyl groups is 1. The van der Waals surface area contributed by atoms with Crippen LogP contribution in [0.3, 0.4) is 0 Å². The zero-order valence-corrected chi connectivity index (χ0v) is 22.8. The van der Waals surface area contributed by atoms with E-state index in [1.165, 1.54) is 24.0 Å². The molecule has 0 saturated carbocycles. The molecule has 2 heterocycles. The topological polar surface area (TPSA) is 105 Å². The van der Waals surface area contributed by atoms with Crippen molar-refractivity contribution in [2.75, 3.05) is 23.9 Å². The van der Waals surface area contributed by atoms with Crippen molar-refractivity contribution in [2.45, 2.75) is 64.5 Å². The predicted molar refractivity (Wildman–Crippen MR) is 140 cm³/mol. The van der Waals surface area contributed by atoms with E-state index in [0.717, 1.165) is 19.9 Å². The van der Waals surface area contributed by atoms with Crippen LogP contribution in [0.15, 0.2) is 30.3 Å². The molecule has 1 amide bonds. The van der Waals surface area contributed by atoms with Crippen LogP contribution in [0.25, 0.3) is 10.9 Å². The largest absolute Gasteiger partial charge is 0.465 e. The summed E-state index contributed by atoms with van der Waals surface area (Å²) in [5.74, 6) is -5.50. The number of benzene rings is 2. The molecule has 4 rings (SSSR count). The minimum atomic E-state index is -3.85. The number of fused-ring (bicyclic) bond motifs is 2. The van der Waals surface area contributed by atoms with Crippen molar-refractivity contribution >= 4 is 34.3 Å². The average Bonchev–Trinajstić information content (AvgIpc) is 3.03. The van der Waals surface area contributed by atoms with E-state index >= 15 is 4.39 Å². The Morgan fingerprint density at radius 3 is 2.54 bits per heavy atom. The number of carbonyl (C=O) groups is 2. The average molecular weight is 545 g/mol. The normalized spacial score (nSPS) is 18.3. The van der Waals surface area contributed by atoms with E-state index in [1.807, 2.05) is 0 Å². The minimum Gasteiger partial charge on any atom is -0.465 e. The van der Waals surface area contributed by atoms with Gasteiger partial charge in [0.05, 0.1) is 29.4 Å². The number of hydrogen-bond acceptors (Lipinski definition) is 7. The summed E-state index contributed by atoms with van der Waals surface area (Å²) in [6.07, 6.45) is 0. The predicted octanol–water partition coefficient (Wildman–Crippen LogP) is 4.91. The molecule has 0 radical (unpaired) electrons. The second-order valence-electron chi connectivity index (χ2n) is 10.4. The number of amides is 1. The lowest BCUT2D eigenvalue weighted by Gasteiger charge is -2.30. The van der Waals surface area contributed by atoms with Gasteiger partial charge in [0, 0.05) is 23.6 Å². The lowest BCUT2D eigenvalue weighted by atomic mass is 9.83. The van der Waals surface area contributed by atoms with E-state index in [2.05, 4.69) is 15.3 Å². The number of esters is 1. The number of aromatic nitrogens is 2. The van der Waals surface area contributed by atoms with Crippen LogP contribution in [-0.4, -0.2) is 46.2 Å². The Morgan fingerprint density at radius 2 is 1.92 bits per heavy atom. The third-order valence-electron chi connectivity index (χ3n) is 7.20. The van der Waals surface area contributed by atoms with Gasteiger partial charge in [-0.15, -0.1) is 0 Å². The van der Waals surface area contributed by atoms with E-state index in [9.17, 15) is 23.5 Å². The highest BCUT2D eigenvalue weighted by atomic mass is 19.3. The highest BCUT2D eigenvalue weighted by Crippen LogP contribution is 2.45. The van der Waals surface area contributed by atoms with Gasteiger partial charge in [-0.25, -0.2) is 14.4 Å². The molecular weight excluding hydrogens is 513 g/mol. The molecule has 3 aromatic rings. The molecule has 1 aliphatic heterocycles. The number of nitrogens with one attached hydrogen (secondary N) is 1. The maximum absolute atomic E-state index is 15.4. The third-order valence-corrected chi connectivity index (χ3v) is 7.20. The Morgan fingerprint density at radius 1 is 1.26 bits per heavy atom. The first-order valence-corrected chi connectivity index (χ1v) is 12.5. The van der Waals surface area contributed by atoms with Gasteiger partial charge >= 0.3 is 11.9 Å². The standard InChI is InChI=1S/C28H31F3N4O4/c1-8-39-25(37)27(6)19-12-17-20(13-21(19)35(7)24(27)36)33-15(3)34-23(17)32-14(2)16-10-9-11-18(22(16)29)28(30,31)26(4,5)38/h9-14,38H,8H2,1-7H3,(H,32,33,34)/t14-,27?/m1/s1. The van der Waals surface area contributed by atoms with E-state index in [-0.39, 0.29) is 18.0 Å². The molecule has 0 fully saturated rings. The van der Waals surface area contributed by atoms with Crippen LogP contribution >= 0.6 is 0 Å². The molecule has 0 spiro atoms. The van der Waals surface area contributed by atoms with Crippen molar-refractivity contribution in [3.63, 3.8) is 0 Å². The summed E-state index contributed by atoms with van der Waals surface area (Å²) in [7, 11) is 1.56. The number of ether oxygens (including phenoxy) is 1. The van der Waals surface area contributed by atoms with Gasteiger partial charge in [0.1, 0.15) is 23.1 Å². The van der Waals surface area contributed by atoms with E-state index in [1.54, 1.807) is 40.0 Å². The lowest BCUT2D eigenvalue weighted by molar-refractivity contribution is -0.170. The fraction of sp³-hybridized carbons (Fsp3) is 0.429. The van der Waals surface area contributed by atoms with Crippen LogP contribution in [0.1, 0.15) is 63.2 Å². The molecule has 0 bridgehead atoms. The maximum atomic E-state index is 15.4. The Bertz CT molecular complexity index is 1490. The SMILES string of the molecule is CCOC(=O)C1(C)C(=O)N(C)c2cc3nc(C)nc(N[C@H](C)c4cccc(C(F)(F)C(C)(C)O)c4F)c3cc21. The molecule has 1 unspecified atom stereocenters. The van der Waals surface area contributed by atoms with Gasteiger partial charge in [0.25, 0.3) is 0 Å². The van der Waals surface area contributed by atoms with Crippen LogP contribution in [0, 0.1) is 12.7 Å². The number of carbonyl (C=O) groups excluding carboxylic acids is 2. The van der Waals surface area contributed by atoms with Gasteiger partial charge in [-0.2, -0.15) is 8.78 Å². The van der Waals surface area contributed by atoms with Gasteiger partial charge in [0.15, 0.2) is 5.41 Å². The monoisotopic (exact) mass is 544 g/mol. The number of nitrogens with zero attached hydrogens (tertiary/aromatic N) is 3. The van der Waals surface area contributed by atoms with Crippen LogP contribution in [0.4, 0.5) is 24.7 Å². The Kier molecular flexibility index (Phi) is 6.87. The van der Waals surface area contributed by atoms with Crippen molar-refractivity contribution in [1.82, 2.24) is 9.97 Å². The molecule has 11 heteroatoms. The first-order chi connectivity index (χ1) is 18.0. The number of aryl methyl sites for hydroxylation is 1. The summed E-state index contributed by atoms with van der Waals surface area (Å²) in [5, 5.41) is 13.5. The molecule has 208 valence electrons. The first-order valence-electron chi connectivity index (χ1n) is 12.5. The van der Waals surface area contributed by atoms with Gasteiger partial charge < -0.3 is 20.1 Å². The van der Waals surface area contributed by atoms with Crippen molar-refractivity contribution in [1.29, 1.82) is 0 Å². The summed E-state index contributed by atoms with van der Waals surface area (Å²) in [4.78, 5) is 36.4. The first kappa shape index (κ1) is 28.3. The van der Waals surface area contributed by atoms with Crippen molar-refractivity contribution in [3.05, 3.63) is 58.7 Å². The van der Waals surface area contributed by atoms with Gasteiger partial charge in [-0.05, 0) is 59.7 Å². The minimum absolute atomic E-state index is 0.0618. The zero-order chi connectivity index (χ0) is 29.1. The maximum Gasteiger partial charge on any atom is 0.326 e. The Balaban J connectivity index is 1.82. The van der Waals surface area contributed by atoms with Crippen molar-refractivity contribution in [2.24, 2.45) is 0 Å². The number of rotatable bonds is 7. The molecule has 2 aromatic carbocycles. The zero-order valence-electron chi connectivity index (χ0n) is 22.8. The lowest BCUT2D eigenvalue weighted by Crippen LogP contribution is -2.43. The second kappa shape index (κ2) is 9.48. The van der Waals surface area contributed by atoms with Gasteiger partial charge in [-0.1, -0.05) is 12.1 Å². The van der Waals surface area contributed by atoms with Crippen LogP contribution in [0.5, 0.6) is 0 Å². The smallest absolute Gasteiger partial charge is 0.326 e. The Labute approximate surface area is 224 Å². The number of alkyl halides is 2. The summed E-state index contributed by atoms with van der Waals surface area (Å²) < 4.78 is 50.3. The second-order valence-corrected chi connectivity index (χ2v) is 10.4. The number of anilines is 2. The fourth-order valence-electron chi connectivity index (χ4n) is 4.84. The number of hydrogen-bond donors (Lipinski definition) is 2. The highest BCUT2D eigenvalue weighted by molar-refractivity contribution is 6.21. The fourth-order valence-corrected chi connectivity index (χ4v) is 4.84.